The highest BCUT2D eigenvalue weighted by atomic mass is 32.9. The molecule has 2 unspecified atom stereocenters. The largest absolute Gasteiger partial charge is 0.331 e. The zero-order chi connectivity index (χ0) is 11.3. The molecule has 0 amide bonds. The van der Waals surface area contributed by atoms with E-state index in [1.807, 2.05) is 25.1 Å². The first-order chi connectivity index (χ1) is 7.05. The van der Waals surface area contributed by atoms with Crippen molar-refractivity contribution in [3.05, 3.63) is 35.9 Å². The molecule has 0 aromatic heterocycles. The number of rotatable bonds is 5. The Morgan fingerprint density at radius 1 is 1.47 bits per heavy atom. The molecule has 5 heteroatoms. The Kier molecular flexibility index (Phi) is 5.30. The van der Waals surface area contributed by atoms with Gasteiger partial charge >= 0.3 is 0 Å². The molecule has 0 aliphatic rings. The van der Waals surface area contributed by atoms with Crippen molar-refractivity contribution < 1.29 is 4.52 Å². The van der Waals surface area contributed by atoms with Crippen LogP contribution in [0, 0.1) is 0 Å². The molecular formula is C10H16NOPS2. The van der Waals surface area contributed by atoms with Crippen LogP contribution in [0.4, 0.5) is 0 Å². The number of nitrogens with two attached hydrogens (primary N) is 1. The third kappa shape index (κ3) is 4.66. The lowest BCUT2D eigenvalue weighted by Crippen LogP contribution is -1.98. The second-order valence-corrected chi connectivity index (χ2v) is 9.95. The highest BCUT2D eigenvalue weighted by molar-refractivity contribution is 8.68. The van der Waals surface area contributed by atoms with Crippen LogP contribution >= 0.6 is 17.0 Å². The Balaban J connectivity index is 2.64. The SMILES string of the molecule is CCOP(N)(=S)SC(C)c1ccccc1. The summed E-state index contributed by atoms with van der Waals surface area (Å²) < 4.78 is 5.39. The normalized spacial score (nSPS) is 17.0. The first-order valence-corrected chi connectivity index (χ1v) is 9.09. The molecule has 1 rings (SSSR count). The molecule has 1 aromatic carbocycles. The molecule has 2 atom stereocenters. The molecule has 0 heterocycles. The fourth-order valence-electron chi connectivity index (χ4n) is 1.22. The zero-order valence-electron chi connectivity index (χ0n) is 8.92. The third-order valence-electron chi connectivity index (χ3n) is 1.88. The minimum absolute atomic E-state index is 0.286. The first kappa shape index (κ1) is 13.2. The van der Waals surface area contributed by atoms with Crippen molar-refractivity contribution in [2.75, 3.05) is 6.61 Å². The summed E-state index contributed by atoms with van der Waals surface area (Å²) in [4.78, 5) is 0. The second kappa shape index (κ2) is 6.02. The van der Waals surface area contributed by atoms with Crippen molar-refractivity contribution in [1.82, 2.24) is 0 Å². The monoisotopic (exact) mass is 261 g/mol. The van der Waals surface area contributed by atoms with E-state index < -0.39 is 5.62 Å². The van der Waals surface area contributed by atoms with Gasteiger partial charge in [0, 0.05) is 5.25 Å². The average Bonchev–Trinajstić information content (AvgIpc) is 2.18. The van der Waals surface area contributed by atoms with Crippen molar-refractivity contribution in [2.45, 2.75) is 19.1 Å². The van der Waals surface area contributed by atoms with Crippen LogP contribution in [0.2, 0.25) is 0 Å². The quantitative estimate of drug-likeness (QED) is 0.820. The molecule has 0 fully saturated rings. The minimum Gasteiger partial charge on any atom is -0.331 e. The van der Waals surface area contributed by atoms with Gasteiger partial charge < -0.3 is 4.52 Å². The molecular weight excluding hydrogens is 245 g/mol. The first-order valence-electron chi connectivity index (χ1n) is 4.81. The van der Waals surface area contributed by atoms with Crippen LogP contribution in [0.5, 0.6) is 0 Å². The summed E-state index contributed by atoms with van der Waals surface area (Å²) >= 11 is 6.81. The Bertz CT molecular complexity index is 345. The van der Waals surface area contributed by atoms with E-state index in [1.165, 1.54) is 5.56 Å². The Labute approximate surface area is 100 Å². The van der Waals surface area contributed by atoms with Crippen molar-refractivity contribution >= 4 is 28.8 Å². The van der Waals surface area contributed by atoms with Gasteiger partial charge in [0.15, 0.2) is 5.62 Å². The lowest BCUT2D eigenvalue weighted by atomic mass is 10.2. The van der Waals surface area contributed by atoms with E-state index in [-0.39, 0.29) is 5.25 Å². The summed E-state index contributed by atoms with van der Waals surface area (Å²) in [6.07, 6.45) is 0. The predicted molar refractivity (Wildman–Crippen MR) is 72.5 cm³/mol. The topological polar surface area (TPSA) is 35.2 Å². The molecule has 0 aliphatic heterocycles. The van der Waals surface area contributed by atoms with E-state index in [9.17, 15) is 0 Å². The standard InChI is InChI=1S/C10H16NOPS2/c1-3-12-13(11,14)15-9(2)10-7-5-4-6-8-10/h4-9H,3H2,1-2H3,(H2,11,14). The summed E-state index contributed by atoms with van der Waals surface area (Å²) in [7, 11) is 0. The van der Waals surface area contributed by atoms with Gasteiger partial charge in [-0.05, 0) is 31.2 Å². The van der Waals surface area contributed by atoms with Gasteiger partial charge in [0.2, 0.25) is 0 Å². The maximum absolute atomic E-state index is 5.93. The van der Waals surface area contributed by atoms with E-state index in [4.69, 9.17) is 21.8 Å². The fraction of sp³-hybridized carbons (Fsp3) is 0.400. The molecule has 0 spiro atoms. The molecule has 2 nitrogen and oxygen atoms in total. The highest BCUT2D eigenvalue weighted by Crippen LogP contribution is 2.58. The van der Waals surface area contributed by atoms with E-state index in [0.717, 1.165) is 0 Å². The van der Waals surface area contributed by atoms with Crippen LogP contribution in [0.25, 0.3) is 0 Å². The lowest BCUT2D eigenvalue weighted by Gasteiger charge is -2.20. The second-order valence-electron chi connectivity index (χ2n) is 3.12. The highest BCUT2D eigenvalue weighted by Gasteiger charge is 2.17. The van der Waals surface area contributed by atoms with Crippen molar-refractivity contribution in [3.8, 4) is 0 Å². The zero-order valence-corrected chi connectivity index (χ0v) is 11.4. The smallest absolute Gasteiger partial charge is 0.183 e. The van der Waals surface area contributed by atoms with Crippen LogP contribution in [0.3, 0.4) is 0 Å². The lowest BCUT2D eigenvalue weighted by molar-refractivity contribution is 0.385. The molecule has 1 aromatic rings. The molecule has 0 aliphatic carbocycles. The fourth-order valence-corrected chi connectivity index (χ4v) is 6.02. The molecule has 0 bridgehead atoms. The van der Waals surface area contributed by atoms with Crippen LogP contribution in [-0.2, 0) is 16.3 Å². The van der Waals surface area contributed by atoms with E-state index in [0.29, 0.717) is 6.61 Å². The van der Waals surface area contributed by atoms with Gasteiger partial charge in [-0.1, -0.05) is 41.7 Å². The van der Waals surface area contributed by atoms with E-state index in [1.54, 1.807) is 11.4 Å². The van der Waals surface area contributed by atoms with Gasteiger partial charge in [0.1, 0.15) is 0 Å². The molecule has 0 saturated heterocycles. The van der Waals surface area contributed by atoms with E-state index in [2.05, 4.69) is 19.1 Å². The molecule has 0 radical (unpaired) electrons. The summed E-state index contributed by atoms with van der Waals surface area (Å²) in [5.74, 6) is 0. The Morgan fingerprint density at radius 3 is 2.60 bits per heavy atom. The molecule has 2 N–H and O–H groups in total. The molecule has 84 valence electrons. The van der Waals surface area contributed by atoms with Crippen molar-refractivity contribution in [1.29, 1.82) is 0 Å². The molecule has 15 heavy (non-hydrogen) atoms. The van der Waals surface area contributed by atoms with Gasteiger partial charge in [-0.3, -0.25) is 5.50 Å². The Hall–Kier alpha value is 0.140. The number of hydrogen-bond donors (Lipinski definition) is 1. The summed E-state index contributed by atoms with van der Waals surface area (Å²) in [5.41, 5.74) is 5.01. The summed E-state index contributed by atoms with van der Waals surface area (Å²) in [5, 5.41) is 0.286. The third-order valence-corrected chi connectivity index (χ3v) is 6.62. The van der Waals surface area contributed by atoms with Crippen LogP contribution in [0.15, 0.2) is 30.3 Å². The molecule has 0 saturated carbocycles. The van der Waals surface area contributed by atoms with Gasteiger partial charge in [-0.2, -0.15) is 0 Å². The summed E-state index contributed by atoms with van der Waals surface area (Å²) in [6.45, 7) is 4.61. The van der Waals surface area contributed by atoms with Gasteiger partial charge in [-0.25, -0.2) is 0 Å². The van der Waals surface area contributed by atoms with E-state index >= 15 is 0 Å². The van der Waals surface area contributed by atoms with Crippen LogP contribution in [0.1, 0.15) is 24.7 Å². The van der Waals surface area contributed by atoms with Crippen molar-refractivity contribution in [3.63, 3.8) is 0 Å². The average molecular weight is 261 g/mol. The number of benzene rings is 1. The van der Waals surface area contributed by atoms with Gasteiger partial charge in [0.25, 0.3) is 0 Å². The maximum Gasteiger partial charge on any atom is 0.183 e. The minimum atomic E-state index is -2.16. The van der Waals surface area contributed by atoms with Crippen LogP contribution in [-0.4, -0.2) is 6.61 Å². The maximum atomic E-state index is 5.93. The van der Waals surface area contributed by atoms with Gasteiger partial charge in [0.05, 0.1) is 6.61 Å². The van der Waals surface area contributed by atoms with Crippen LogP contribution < -0.4 is 5.50 Å². The van der Waals surface area contributed by atoms with Crippen molar-refractivity contribution in [2.24, 2.45) is 5.50 Å². The number of hydrogen-bond acceptors (Lipinski definition) is 3. The van der Waals surface area contributed by atoms with Gasteiger partial charge in [-0.15, -0.1) is 0 Å². The Morgan fingerprint density at radius 2 is 2.07 bits per heavy atom. The predicted octanol–water partition coefficient (Wildman–Crippen LogP) is 3.70. The summed E-state index contributed by atoms with van der Waals surface area (Å²) in [6, 6.07) is 10.2.